The van der Waals surface area contributed by atoms with Gasteiger partial charge in [-0.2, -0.15) is 0 Å². The van der Waals surface area contributed by atoms with Gasteiger partial charge in [-0.3, -0.25) is 13.9 Å². The van der Waals surface area contributed by atoms with Crippen molar-refractivity contribution in [3.63, 3.8) is 0 Å². The highest BCUT2D eigenvalue weighted by Gasteiger charge is 2.34. The molecule has 46 heavy (non-hydrogen) atoms. The van der Waals surface area contributed by atoms with Gasteiger partial charge in [0.15, 0.2) is 0 Å². The highest BCUT2D eigenvalue weighted by molar-refractivity contribution is 7.92. The summed E-state index contributed by atoms with van der Waals surface area (Å²) >= 11 is 12.5. The van der Waals surface area contributed by atoms with Gasteiger partial charge in [0.1, 0.15) is 18.3 Å². The third kappa shape index (κ3) is 9.02. The first kappa shape index (κ1) is 34.8. The van der Waals surface area contributed by atoms with Crippen molar-refractivity contribution in [1.29, 1.82) is 0 Å². The number of nitrogens with one attached hydrogen (secondary N) is 1. The van der Waals surface area contributed by atoms with Crippen LogP contribution in [-0.2, 0) is 32.6 Å². The molecule has 1 atom stereocenters. The summed E-state index contributed by atoms with van der Waals surface area (Å²) in [5, 5.41) is 3.61. The number of carbonyl (C=O) groups is 2. The Morgan fingerprint density at radius 1 is 0.826 bits per heavy atom. The summed E-state index contributed by atoms with van der Waals surface area (Å²) in [5.74, 6) is -0.241. The summed E-state index contributed by atoms with van der Waals surface area (Å²) in [7, 11) is -2.70. The number of benzene rings is 4. The number of hydrogen-bond donors (Lipinski definition) is 1. The zero-order valence-corrected chi connectivity index (χ0v) is 28.2. The molecule has 4 rings (SSSR count). The molecule has 242 valence electrons. The SMILES string of the molecule is COc1ccc(N(CC(=O)N(Cc2ccc(Cl)c(Cl)c2)C(Cc2ccccc2)C(=O)NCC(C)C)S(=O)(=O)c2ccccc2)cc1. The number of methoxy groups -OCH3 is 1. The first-order valence-electron chi connectivity index (χ1n) is 14.8. The highest BCUT2D eigenvalue weighted by atomic mass is 35.5. The fourth-order valence-electron chi connectivity index (χ4n) is 4.81. The molecule has 2 amide bonds. The third-order valence-corrected chi connectivity index (χ3v) is 9.79. The van der Waals surface area contributed by atoms with Gasteiger partial charge in [-0.05, 0) is 65.6 Å². The van der Waals surface area contributed by atoms with Crippen molar-refractivity contribution in [3.8, 4) is 5.75 Å². The molecule has 1 N–H and O–H groups in total. The van der Waals surface area contributed by atoms with E-state index in [1.807, 2.05) is 44.2 Å². The largest absolute Gasteiger partial charge is 0.497 e. The Bertz CT molecular complexity index is 1720. The van der Waals surface area contributed by atoms with Gasteiger partial charge in [-0.15, -0.1) is 0 Å². The molecule has 0 aromatic heterocycles. The number of anilines is 1. The molecule has 0 saturated heterocycles. The number of carbonyl (C=O) groups excluding carboxylic acids is 2. The van der Waals surface area contributed by atoms with E-state index >= 15 is 0 Å². The minimum atomic E-state index is -4.21. The first-order chi connectivity index (χ1) is 22.0. The van der Waals surface area contributed by atoms with Crippen LogP contribution < -0.4 is 14.4 Å². The second-order valence-corrected chi connectivity index (χ2v) is 13.8. The van der Waals surface area contributed by atoms with Gasteiger partial charge in [0.25, 0.3) is 10.0 Å². The Morgan fingerprint density at radius 2 is 1.46 bits per heavy atom. The Kier molecular flexibility index (Phi) is 12.1. The van der Waals surface area contributed by atoms with Crippen LogP contribution in [0.25, 0.3) is 0 Å². The molecule has 0 aliphatic heterocycles. The minimum Gasteiger partial charge on any atom is -0.497 e. The monoisotopic (exact) mass is 681 g/mol. The lowest BCUT2D eigenvalue weighted by atomic mass is 10.0. The van der Waals surface area contributed by atoms with Gasteiger partial charge in [0.05, 0.1) is 27.7 Å². The maximum Gasteiger partial charge on any atom is 0.264 e. The average Bonchev–Trinajstić information content (AvgIpc) is 3.06. The number of halogens is 2. The molecule has 11 heteroatoms. The van der Waals surface area contributed by atoms with Crippen LogP contribution in [0.5, 0.6) is 5.75 Å². The van der Waals surface area contributed by atoms with E-state index in [4.69, 9.17) is 27.9 Å². The van der Waals surface area contributed by atoms with E-state index in [2.05, 4.69) is 5.32 Å². The predicted octanol–water partition coefficient (Wildman–Crippen LogP) is 6.61. The summed E-state index contributed by atoms with van der Waals surface area (Å²) in [4.78, 5) is 29.8. The summed E-state index contributed by atoms with van der Waals surface area (Å²) in [6.45, 7) is 3.76. The zero-order chi connectivity index (χ0) is 33.3. The molecule has 4 aromatic rings. The second-order valence-electron chi connectivity index (χ2n) is 11.1. The Labute approximate surface area is 280 Å². The van der Waals surface area contributed by atoms with Crippen LogP contribution in [0.2, 0.25) is 10.0 Å². The number of rotatable bonds is 14. The molecule has 0 aliphatic rings. The smallest absolute Gasteiger partial charge is 0.264 e. The molecule has 0 bridgehead atoms. The van der Waals surface area contributed by atoms with Gasteiger partial charge < -0.3 is 15.0 Å². The van der Waals surface area contributed by atoms with Crippen molar-refractivity contribution in [3.05, 3.63) is 124 Å². The van der Waals surface area contributed by atoms with Crippen LogP contribution in [0.4, 0.5) is 5.69 Å². The molecule has 4 aromatic carbocycles. The fourth-order valence-corrected chi connectivity index (χ4v) is 6.56. The molecular formula is C35H37Cl2N3O5S. The molecule has 0 fully saturated rings. The summed E-state index contributed by atoms with van der Waals surface area (Å²) in [6.07, 6.45) is 0.200. The lowest BCUT2D eigenvalue weighted by Crippen LogP contribution is -2.53. The van der Waals surface area contributed by atoms with Crippen molar-refractivity contribution in [2.24, 2.45) is 5.92 Å². The maximum absolute atomic E-state index is 14.5. The van der Waals surface area contributed by atoms with E-state index < -0.39 is 28.5 Å². The predicted molar refractivity (Wildman–Crippen MR) is 183 cm³/mol. The van der Waals surface area contributed by atoms with E-state index in [1.165, 1.54) is 24.1 Å². The topological polar surface area (TPSA) is 96.0 Å². The molecule has 0 aliphatic carbocycles. The van der Waals surface area contributed by atoms with E-state index in [1.54, 1.807) is 60.7 Å². The maximum atomic E-state index is 14.5. The van der Waals surface area contributed by atoms with E-state index in [0.717, 1.165) is 9.87 Å². The van der Waals surface area contributed by atoms with Gasteiger partial charge in [0, 0.05) is 19.5 Å². The van der Waals surface area contributed by atoms with Crippen LogP contribution in [0, 0.1) is 5.92 Å². The summed E-state index contributed by atoms with van der Waals surface area (Å²) in [6, 6.07) is 27.7. The van der Waals surface area contributed by atoms with Gasteiger partial charge >= 0.3 is 0 Å². The van der Waals surface area contributed by atoms with E-state index in [-0.39, 0.29) is 35.4 Å². The van der Waals surface area contributed by atoms with Crippen molar-refractivity contribution >= 4 is 50.7 Å². The highest BCUT2D eigenvalue weighted by Crippen LogP contribution is 2.28. The minimum absolute atomic E-state index is 0.0187. The molecule has 0 spiro atoms. The van der Waals surface area contributed by atoms with Gasteiger partial charge in [0.2, 0.25) is 11.8 Å². The average molecular weight is 683 g/mol. The molecule has 0 heterocycles. The van der Waals surface area contributed by atoms with Crippen molar-refractivity contribution in [2.75, 3.05) is 24.5 Å². The molecular weight excluding hydrogens is 645 g/mol. The molecule has 0 radical (unpaired) electrons. The lowest BCUT2D eigenvalue weighted by molar-refractivity contribution is -0.140. The van der Waals surface area contributed by atoms with E-state index in [9.17, 15) is 18.0 Å². The lowest BCUT2D eigenvalue weighted by Gasteiger charge is -2.34. The van der Waals surface area contributed by atoms with Crippen LogP contribution in [0.3, 0.4) is 0 Å². The standard InChI is InChI=1S/C35H37Cl2N3O5S/c1-25(2)22-38-35(42)33(21-26-10-6-4-7-11-26)39(23-27-14-19-31(36)32(37)20-27)34(41)24-40(28-15-17-29(45-3)18-16-28)46(43,44)30-12-8-5-9-13-30/h4-20,25,33H,21-24H2,1-3H3,(H,38,42). The normalized spacial score (nSPS) is 12.0. The molecule has 8 nitrogen and oxygen atoms in total. The van der Waals surface area contributed by atoms with Crippen molar-refractivity contribution in [2.45, 2.75) is 37.8 Å². The number of amides is 2. The number of nitrogens with zero attached hydrogens (tertiary/aromatic N) is 2. The number of ether oxygens (including phenoxy) is 1. The molecule has 0 saturated carbocycles. The van der Waals surface area contributed by atoms with Crippen LogP contribution in [0.1, 0.15) is 25.0 Å². The Hall–Kier alpha value is -4.05. The van der Waals surface area contributed by atoms with E-state index in [0.29, 0.717) is 27.9 Å². The number of sulfonamides is 1. The van der Waals surface area contributed by atoms with Gasteiger partial charge in [-0.1, -0.05) is 91.6 Å². The first-order valence-corrected chi connectivity index (χ1v) is 17.0. The summed E-state index contributed by atoms with van der Waals surface area (Å²) in [5.41, 5.74) is 1.72. The number of hydrogen-bond acceptors (Lipinski definition) is 5. The Balaban J connectivity index is 1.80. The van der Waals surface area contributed by atoms with Crippen molar-refractivity contribution < 1.29 is 22.7 Å². The van der Waals surface area contributed by atoms with Crippen LogP contribution in [0.15, 0.2) is 108 Å². The van der Waals surface area contributed by atoms with Gasteiger partial charge in [-0.25, -0.2) is 8.42 Å². The quantitative estimate of drug-likeness (QED) is 0.162. The Morgan fingerprint density at radius 3 is 2.04 bits per heavy atom. The van der Waals surface area contributed by atoms with Crippen molar-refractivity contribution in [1.82, 2.24) is 10.2 Å². The van der Waals surface area contributed by atoms with Crippen LogP contribution >= 0.6 is 23.2 Å². The third-order valence-electron chi connectivity index (χ3n) is 7.26. The van der Waals surface area contributed by atoms with Crippen LogP contribution in [-0.4, -0.2) is 51.4 Å². The fraction of sp³-hybridized carbons (Fsp3) is 0.257. The second kappa shape index (κ2) is 16.0. The molecule has 1 unspecified atom stereocenters. The summed E-state index contributed by atoms with van der Waals surface area (Å²) < 4.78 is 34.5. The zero-order valence-electron chi connectivity index (χ0n) is 25.9.